The maximum Gasteiger partial charge on any atom is 0.309 e. The number of hydrogen-bond donors (Lipinski definition) is 2. The minimum atomic E-state index is -0.988. The number of benzene rings is 1. The van der Waals surface area contributed by atoms with Gasteiger partial charge in [0.15, 0.2) is 0 Å². The Kier molecular flexibility index (Phi) is 8.45. The predicted octanol–water partition coefficient (Wildman–Crippen LogP) is 4.89. The number of primary amides is 1. The average Bonchev–Trinajstić information content (AvgIpc) is 3.05. The molecule has 3 unspecified atom stereocenters. The molecule has 1 aliphatic heterocycles. The fraction of sp³-hybridized carbons (Fsp3) is 0.500. The second-order valence-electron chi connectivity index (χ2n) is 10.7. The van der Waals surface area contributed by atoms with Gasteiger partial charge in [0.1, 0.15) is 0 Å². The van der Waals surface area contributed by atoms with Crippen molar-refractivity contribution in [2.45, 2.75) is 63.3 Å². The van der Waals surface area contributed by atoms with Gasteiger partial charge in [-0.05, 0) is 102 Å². The molecule has 38 heavy (non-hydrogen) atoms. The van der Waals surface area contributed by atoms with Gasteiger partial charge in [0.05, 0.1) is 5.69 Å². The molecule has 7 nitrogen and oxygen atoms in total. The third-order valence-corrected chi connectivity index (χ3v) is 9.63. The first kappa shape index (κ1) is 27.6. The summed E-state index contributed by atoms with van der Waals surface area (Å²) in [7, 11) is 0. The fourth-order valence-corrected chi connectivity index (χ4v) is 8.04. The van der Waals surface area contributed by atoms with Gasteiger partial charge in [0.2, 0.25) is 5.91 Å². The quantitative estimate of drug-likeness (QED) is 0.456. The lowest BCUT2D eigenvalue weighted by Gasteiger charge is -2.39. The molecule has 2 aliphatic carbocycles. The largest absolute Gasteiger partial charge is 0.361 e. The molecule has 0 spiro atoms. The van der Waals surface area contributed by atoms with Crippen molar-refractivity contribution in [1.82, 2.24) is 15.2 Å². The summed E-state index contributed by atoms with van der Waals surface area (Å²) in [5.41, 5.74) is 10.0. The van der Waals surface area contributed by atoms with E-state index in [0.717, 1.165) is 64.6 Å². The van der Waals surface area contributed by atoms with Crippen LogP contribution in [0.3, 0.4) is 0 Å². The summed E-state index contributed by atoms with van der Waals surface area (Å²) in [6, 6.07) is 6.06. The number of piperidine rings is 1. The zero-order valence-corrected chi connectivity index (χ0v) is 24.9. The van der Waals surface area contributed by atoms with E-state index in [1.54, 1.807) is 0 Å². The Morgan fingerprint density at radius 1 is 1.03 bits per heavy atom. The smallest absolute Gasteiger partial charge is 0.309 e. The van der Waals surface area contributed by atoms with E-state index in [-0.39, 0.29) is 23.8 Å². The standard InChI is InChI=1S/C28H31Br2ClN4O3/c29-19-10-17-5-4-16-11-20(31)13-22(30)23(16)24(25(17)33-14-19)15-6-8-35(9-7-15)28(38)18-2-1-3-21(12-18)34-27(37)26(32)36/h10-11,13-15,18,21,24H,1-9,12H2,(H2,32,36)(H,34,37). The Morgan fingerprint density at radius 2 is 1.76 bits per heavy atom. The van der Waals surface area contributed by atoms with E-state index in [2.05, 4.69) is 49.3 Å². The molecule has 0 radical (unpaired) electrons. The number of nitrogens with two attached hydrogens (primary N) is 1. The third kappa shape index (κ3) is 5.80. The molecule has 1 aromatic carbocycles. The zero-order valence-electron chi connectivity index (χ0n) is 21.0. The molecule has 3 N–H and O–H groups in total. The highest BCUT2D eigenvalue weighted by Crippen LogP contribution is 2.46. The van der Waals surface area contributed by atoms with Crippen molar-refractivity contribution < 1.29 is 14.4 Å². The van der Waals surface area contributed by atoms with Gasteiger partial charge in [0, 0.05) is 51.1 Å². The van der Waals surface area contributed by atoms with E-state index in [4.69, 9.17) is 22.3 Å². The molecular weight excluding hydrogens is 636 g/mol. The van der Waals surface area contributed by atoms with Gasteiger partial charge in [-0.3, -0.25) is 19.4 Å². The minimum absolute atomic E-state index is 0.127. The second kappa shape index (κ2) is 11.6. The van der Waals surface area contributed by atoms with Crippen LogP contribution in [0.25, 0.3) is 0 Å². The van der Waals surface area contributed by atoms with Crippen LogP contribution in [0.1, 0.15) is 66.8 Å². The van der Waals surface area contributed by atoms with Crippen molar-refractivity contribution in [3.05, 3.63) is 60.7 Å². The number of amides is 3. The first-order chi connectivity index (χ1) is 18.2. The summed E-state index contributed by atoms with van der Waals surface area (Å²) in [4.78, 5) is 43.3. The van der Waals surface area contributed by atoms with Crippen molar-refractivity contribution in [2.75, 3.05) is 13.1 Å². The van der Waals surface area contributed by atoms with Crippen molar-refractivity contribution in [3.8, 4) is 0 Å². The summed E-state index contributed by atoms with van der Waals surface area (Å²) in [6.07, 6.45) is 8.42. The molecule has 2 aromatic rings. The Labute approximate surface area is 244 Å². The fourth-order valence-electron chi connectivity index (χ4n) is 6.54. The SMILES string of the molecule is NC(=O)C(=O)NC1CCCC(C(=O)N2CCC(C3c4ncc(Br)cc4CCc4cc(Cl)cc(Br)c43)CC2)C1. The molecule has 2 heterocycles. The second-order valence-corrected chi connectivity index (χ2v) is 12.9. The van der Waals surface area contributed by atoms with Gasteiger partial charge in [-0.15, -0.1) is 0 Å². The Balaban J connectivity index is 1.32. The number of fused-ring (bicyclic) bond motifs is 2. The van der Waals surface area contributed by atoms with Crippen molar-refractivity contribution in [2.24, 2.45) is 17.6 Å². The summed E-state index contributed by atoms with van der Waals surface area (Å²) >= 11 is 13.9. The normalized spacial score (nSPS) is 23.7. The third-order valence-electron chi connectivity index (χ3n) is 8.32. The summed E-state index contributed by atoms with van der Waals surface area (Å²) in [6.45, 7) is 1.39. The number of likely N-dealkylation sites (tertiary alicyclic amines) is 1. The monoisotopic (exact) mass is 664 g/mol. The van der Waals surface area contributed by atoms with Crippen LogP contribution in [0, 0.1) is 11.8 Å². The van der Waals surface area contributed by atoms with Crippen LogP contribution in [0.4, 0.5) is 0 Å². The molecule has 1 saturated heterocycles. The van der Waals surface area contributed by atoms with Crippen molar-refractivity contribution >= 4 is 61.2 Å². The summed E-state index contributed by atoms with van der Waals surface area (Å²) < 4.78 is 2.00. The number of hydrogen-bond acceptors (Lipinski definition) is 4. The van der Waals surface area contributed by atoms with Crippen LogP contribution in [0.2, 0.25) is 5.02 Å². The number of carbonyl (C=O) groups excluding carboxylic acids is 3. The molecule has 10 heteroatoms. The van der Waals surface area contributed by atoms with Gasteiger partial charge in [-0.25, -0.2) is 0 Å². The van der Waals surface area contributed by atoms with E-state index in [0.29, 0.717) is 25.4 Å². The number of halogens is 3. The maximum absolute atomic E-state index is 13.5. The number of pyridine rings is 1. The highest BCUT2D eigenvalue weighted by atomic mass is 79.9. The topological polar surface area (TPSA) is 105 Å². The number of aryl methyl sites for hydroxylation is 2. The van der Waals surface area contributed by atoms with Gasteiger partial charge >= 0.3 is 11.8 Å². The highest BCUT2D eigenvalue weighted by Gasteiger charge is 2.38. The Hall–Kier alpha value is -1.97. The molecule has 5 rings (SSSR count). The first-order valence-corrected chi connectivity index (χ1v) is 15.2. The van der Waals surface area contributed by atoms with Gasteiger partial charge in [0.25, 0.3) is 0 Å². The minimum Gasteiger partial charge on any atom is -0.361 e. The average molecular weight is 667 g/mol. The van der Waals surface area contributed by atoms with E-state index >= 15 is 0 Å². The van der Waals surface area contributed by atoms with Gasteiger partial charge < -0.3 is 16.0 Å². The van der Waals surface area contributed by atoms with E-state index in [9.17, 15) is 14.4 Å². The molecular formula is C28H31Br2ClN4O3. The number of rotatable bonds is 3. The van der Waals surface area contributed by atoms with Crippen LogP contribution in [-0.2, 0) is 27.2 Å². The molecule has 2 fully saturated rings. The lowest BCUT2D eigenvalue weighted by molar-refractivity contribution is -0.140. The number of aromatic nitrogens is 1. The number of carbonyl (C=O) groups is 3. The number of nitrogens with zero attached hydrogens (tertiary/aromatic N) is 2. The van der Waals surface area contributed by atoms with E-state index in [1.807, 2.05) is 17.2 Å². The molecule has 1 aromatic heterocycles. The van der Waals surface area contributed by atoms with E-state index in [1.165, 1.54) is 16.7 Å². The lowest BCUT2D eigenvalue weighted by Crippen LogP contribution is -2.48. The van der Waals surface area contributed by atoms with Crippen LogP contribution >= 0.6 is 43.5 Å². The molecule has 1 saturated carbocycles. The molecule has 0 bridgehead atoms. The van der Waals surface area contributed by atoms with Crippen LogP contribution in [0.15, 0.2) is 33.3 Å². The Morgan fingerprint density at radius 3 is 2.50 bits per heavy atom. The molecule has 3 atom stereocenters. The van der Waals surface area contributed by atoms with E-state index < -0.39 is 11.8 Å². The van der Waals surface area contributed by atoms with Crippen LogP contribution in [-0.4, -0.2) is 46.7 Å². The maximum atomic E-state index is 13.5. The van der Waals surface area contributed by atoms with Crippen molar-refractivity contribution in [3.63, 3.8) is 0 Å². The molecule has 3 amide bonds. The van der Waals surface area contributed by atoms with Crippen LogP contribution < -0.4 is 11.1 Å². The molecule has 202 valence electrons. The number of nitrogens with one attached hydrogen (secondary N) is 1. The summed E-state index contributed by atoms with van der Waals surface area (Å²) in [5, 5.41) is 3.42. The lowest BCUT2D eigenvalue weighted by atomic mass is 9.76. The van der Waals surface area contributed by atoms with Crippen LogP contribution in [0.5, 0.6) is 0 Å². The van der Waals surface area contributed by atoms with Gasteiger partial charge in [-0.2, -0.15) is 0 Å². The first-order valence-electron chi connectivity index (χ1n) is 13.2. The predicted molar refractivity (Wildman–Crippen MR) is 153 cm³/mol. The zero-order chi connectivity index (χ0) is 27.0. The van der Waals surface area contributed by atoms with Crippen molar-refractivity contribution in [1.29, 1.82) is 0 Å². The highest BCUT2D eigenvalue weighted by molar-refractivity contribution is 9.10. The molecule has 3 aliphatic rings. The summed E-state index contributed by atoms with van der Waals surface area (Å²) in [5.74, 6) is -1.29. The van der Waals surface area contributed by atoms with Gasteiger partial charge in [-0.1, -0.05) is 34.0 Å². The Bertz CT molecular complexity index is 1260.